The molecule has 0 radical (unpaired) electrons. The van der Waals surface area contributed by atoms with Crippen LogP contribution in [0.15, 0.2) is 0 Å². The Labute approximate surface area is 228 Å². The minimum absolute atomic E-state index is 0.0389. The Morgan fingerprint density at radius 2 is 1.85 bits per heavy atom. The van der Waals surface area contributed by atoms with Gasteiger partial charge in [-0.1, -0.05) is 0 Å². The number of carbonyl (C=O) groups excluding carboxylic acids is 3. The highest BCUT2D eigenvalue weighted by atomic mass is 19.4. The molecule has 0 saturated carbocycles. The second-order valence-electron chi connectivity index (χ2n) is 10.9. The standard InChI is InChI=1S/C25H34F5N5O5/c1-23(2,3)40-22(38)31-15(12-35-14-24(26,27)8-5-19(35)36)11-20(37)34-9-6-16-17(13-34)32-18(7-10-39-4)33-21(16)25(28,29)30/h15H,5-14H2,1-4H3,(H,31,38)/t15-/m0/s1. The smallest absolute Gasteiger partial charge is 0.433 e. The Morgan fingerprint density at radius 1 is 1.15 bits per heavy atom. The van der Waals surface area contributed by atoms with Crippen molar-refractivity contribution in [3.05, 3.63) is 22.8 Å². The van der Waals surface area contributed by atoms with E-state index in [1.54, 1.807) is 20.8 Å². The number of aromatic nitrogens is 2. The maximum Gasteiger partial charge on any atom is 0.433 e. The molecule has 3 heterocycles. The van der Waals surface area contributed by atoms with E-state index in [9.17, 15) is 36.3 Å². The van der Waals surface area contributed by atoms with Crippen molar-refractivity contribution in [2.75, 3.05) is 33.4 Å². The molecular weight excluding hydrogens is 545 g/mol. The molecule has 15 heteroatoms. The van der Waals surface area contributed by atoms with Gasteiger partial charge in [0.1, 0.15) is 11.4 Å². The molecule has 2 aliphatic rings. The number of rotatable bonds is 8. The number of piperidine rings is 1. The first kappa shape index (κ1) is 31.4. The van der Waals surface area contributed by atoms with E-state index >= 15 is 0 Å². The van der Waals surface area contributed by atoms with E-state index in [0.717, 1.165) is 4.90 Å². The van der Waals surface area contributed by atoms with Crippen molar-refractivity contribution >= 4 is 17.9 Å². The van der Waals surface area contributed by atoms with E-state index in [1.165, 1.54) is 12.0 Å². The molecule has 2 aliphatic heterocycles. The molecule has 3 rings (SSSR count). The minimum Gasteiger partial charge on any atom is -0.444 e. The summed E-state index contributed by atoms with van der Waals surface area (Å²) in [5.74, 6) is -4.28. The van der Waals surface area contributed by atoms with Gasteiger partial charge < -0.3 is 24.6 Å². The van der Waals surface area contributed by atoms with Crippen LogP contribution in [0.4, 0.5) is 26.7 Å². The number of alkyl carbamates (subject to hydrolysis) is 1. The molecule has 3 amide bonds. The van der Waals surface area contributed by atoms with E-state index < -0.39 is 66.7 Å². The van der Waals surface area contributed by atoms with Crippen molar-refractivity contribution in [1.82, 2.24) is 25.1 Å². The summed E-state index contributed by atoms with van der Waals surface area (Å²) in [5, 5.41) is 2.48. The Bertz CT molecular complexity index is 1110. The van der Waals surface area contributed by atoms with Crippen LogP contribution in [-0.4, -0.2) is 88.6 Å². The number of fused-ring (bicyclic) bond motifs is 1. The number of ether oxygens (including phenoxy) is 2. The van der Waals surface area contributed by atoms with Crippen LogP contribution in [0, 0.1) is 0 Å². The van der Waals surface area contributed by atoms with Gasteiger partial charge in [-0.2, -0.15) is 13.2 Å². The number of likely N-dealkylation sites (tertiary alicyclic amines) is 1. The second-order valence-corrected chi connectivity index (χ2v) is 10.9. The maximum atomic E-state index is 14.0. The number of amides is 3. The van der Waals surface area contributed by atoms with Crippen molar-refractivity contribution in [2.45, 2.75) is 83.2 Å². The van der Waals surface area contributed by atoms with Crippen LogP contribution in [-0.2, 0) is 44.6 Å². The van der Waals surface area contributed by atoms with Crippen LogP contribution in [0.2, 0.25) is 0 Å². The number of hydrogen-bond acceptors (Lipinski definition) is 7. The summed E-state index contributed by atoms with van der Waals surface area (Å²) in [6.07, 6.45) is -7.11. The lowest BCUT2D eigenvalue weighted by molar-refractivity contribution is -0.148. The molecule has 40 heavy (non-hydrogen) atoms. The number of halogens is 5. The van der Waals surface area contributed by atoms with Crippen molar-refractivity contribution in [1.29, 1.82) is 0 Å². The zero-order valence-electron chi connectivity index (χ0n) is 22.9. The number of nitrogens with zero attached hydrogens (tertiary/aromatic N) is 4. The van der Waals surface area contributed by atoms with E-state index in [2.05, 4.69) is 15.3 Å². The van der Waals surface area contributed by atoms with E-state index in [-0.39, 0.29) is 62.6 Å². The molecule has 0 spiro atoms. The van der Waals surface area contributed by atoms with E-state index in [4.69, 9.17) is 9.47 Å². The van der Waals surface area contributed by atoms with Gasteiger partial charge in [-0.25, -0.2) is 23.5 Å². The summed E-state index contributed by atoms with van der Waals surface area (Å²) in [5.41, 5.74) is -1.98. The summed E-state index contributed by atoms with van der Waals surface area (Å²) in [7, 11) is 1.39. The molecule has 1 atom stereocenters. The van der Waals surface area contributed by atoms with Gasteiger partial charge in [0.15, 0.2) is 5.69 Å². The highest BCUT2D eigenvalue weighted by Crippen LogP contribution is 2.34. The van der Waals surface area contributed by atoms with Crippen LogP contribution in [0.3, 0.4) is 0 Å². The second kappa shape index (κ2) is 12.2. The van der Waals surface area contributed by atoms with Gasteiger partial charge in [0.25, 0.3) is 5.92 Å². The number of nitrogens with one attached hydrogen (secondary N) is 1. The molecule has 1 N–H and O–H groups in total. The third kappa shape index (κ3) is 8.70. The number of alkyl halides is 5. The van der Waals surface area contributed by atoms with E-state index in [0.29, 0.717) is 0 Å². The Balaban J connectivity index is 1.80. The fourth-order valence-electron chi connectivity index (χ4n) is 4.54. The first-order valence-corrected chi connectivity index (χ1v) is 12.8. The number of carbonyl (C=O) groups is 3. The van der Waals surface area contributed by atoms with Gasteiger partial charge in [-0.3, -0.25) is 9.59 Å². The summed E-state index contributed by atoms with van der Waals surface area (Å²) in [4.78, 5) is 48.1. The molecule has 0 bridgehead atoms. The van der Waals surface area contributed by atoms with Gasteiger partial charge >= 0.3 is 12.3 Å². The highest BCUT2D eigenvalue weighted by molar-refractivity contribution is 5.79. The van der Waals surface area contributed by atoms with Crippen molar-refractivity contribution in [2.24, 2.45) is 0 Å². The van der Waals surface area contributed by atoms with Gasteiger partial charge in [0.05, 0.1) is 31.4 Å². The van der Waals surface area contributed by atoms with E-state index in [1.807, 2.05) is 0 Å². The molecule has 0 unspecified atom stereocenters. The van der Waals surface area contributed by atoms with Crippen LogP contribution >= 0.6 is 0 Å². The first-order valence-electron chi connectivity index (χ1n) is 12.8. The quantitative estimate of drug-likeness (QED) is 0.471. The lowest BCUT2D eigenvalue weighted by Crippen LogP contribution is -2.53. The van der Waals surface area contributed by atoms with Crippen molar-refractivity contribution in [3.63, 3.8) is 0 Å². The largest absolute Gasteiger partial charge is 0.444 e. The summed E-state index contributed by atoms with van der Waals surface area (Å²) in [6.45, 7) is 3.41. The third-order valence-corrected chi connectivity index (χ3v) is 6.32. The van der Waals surface area contributed by atoms with Gasteiger partial charge in [-0.15, -0.1) is 0 Å². The Kier molecular flexibility index (Phi) is 9.58. The van der Waals surface area contributed by atoms with Crippen molar-refractivity contribution < 1.29 is 45.8 Å². The van der Waals surface area contributed by atoms with Crippen molar-refractivity contribution in [3.8, 4) is 0 Å². The summed E-state index contributed by atoms with van der Waals surface area (Å²) >= 11 is 0. The topological polar surface area (TPSA) is 114 Å². The normalized spacial score (nSPS) is 18.3. The lowest BCUT2D eigenvalue weighted by atomic mass is 10.0. The Hall–Kier alpha value is -3.10. The fourth-order valence-corrected chi connectivity index (χ4v) is 4.54. The SMILES string of the molecule is COCCc1nc2c(c(C(F)(F)F)n1)CCN(C(=O)C[C@@H](CN1CC(F)(F)CCC1=O)NC(=O)OC(C)(C)C)C2. The van der Waals surface area contributed by atoms with Gasteiger partial charge in [0, 0.05) is 51.4 Å². The summed E-state index contributed by atoms with van der Waals surface area (Å²) < 4.78 is 79.3. The molecular formula is C25H34F5N5O5. The fraction of sp³-hybridized carbons (Fsp3) is 0.720. The molecule has 224 valence electrons. The average molecular weight is 580 g/mol. The predicted octanol–water partition coefficient (Wildman–Crippen LogP) is 3.11. The monoisotopic (exact) mass is 579 g/mol. The zero-order chi connectivity index (χ0) is 29.9. The molecule has 0 aliphatic carbocycles. The van der Waals surface area contributed by atoms with Crippen LogP contribution in [0.25, 0.3) is 0 Å². The van der Waals surface area contributed by atoms with Gasteiger partial charge in [0.2, 0.25) is 11.8 Å². The molecule has 1 saturated heterocycles. The average Bonchev–Trinajstić information content (AvgIpc) is 2.82. The Morgan fingerprint density at radius 3 is 2.48 bits per heavy atom. The minimum atomic E-state index is -4.72. The molecule has 10 nitrogen and oxygen atoms in total. The number of hydrogen-bond donors (Lipinski definition) is 1. The van der Waals surface area contributed by atoms with Crippen LogP contribution < -0.4 is 5.32 Å². The molecule has 0 aromatic carbocycles. The molecule has 1 aromatic rings. The third-order valence-electron chi connectivity index (χ3n) is 6.32. The molecule has 1 aromatic heterocycles. The lowest BCUT2D eigenvalue weighted by Gasteiger charge is -2.36. The van der Waals surface area contributed by atoms with Crippen LogP contribution in [0.5, 0.6) is 0 Å². The zero-order valence-corrected chi connectivity index (χ0v) is 22.9. The predicted molar refractivity (Wildman–Crippen MR) is 130 cm³/mol. The van der Waals surface area contributed by atoms with Gasteiger partial charge in [-0.05, 0) is 27.2 Å². The first-order chi connectivity index (χ1) is 18.5. The molecule has 1 fully saturated rings. The number of methoxy groups -OCH3 is 1. The summed E-state index contributed by atoms with van der Waals surface area (Å²) in [6, 6.07) is -1.09. The highest BCUT2D eigenvalue weighted by Gasteiger charge is 2.41. The van der Waals surface area contributed by atoms with Crippen LogP contribution in [0.1, 0.15) is 62.8 Å². The maximum absolute atomic E-state index is 14.0.